The van der Waals surface area contributed by atoms with Gasteiger partial charge in [0.05, 0.1) is 13.7 Å². The number of urea groups is 1. The topological polar surface area (TPSA) is 75.5 Å². The standard InChI is InChI=1S/C27H30N6O2/c1-20-6-3-8-22(16-20)33-25(30-24-10-5-11-28-26(24)33)19-31-12-14-32(15-13-31)27(34)29-18-21-7-4-9-23(17-21)35-2/h3-11,16-17H,12-15,18-19H2,1-2H3,(H,29,34). The van der Waals surface area contributed by atoms with Gasteiger partial charge >= 0.3 is 6.03 Å². The summed E-state index contributed by atoms with van der Waals surface area (Å²) in [7, 11) is 1.64. The van der Waals surface area contributed by atoms with Gasteiger partial charge in [0.2, 0.25) is 0 Å². The molecule has 1 aliphatic rings. The average Bonchev–Trinajstić information content (AvgIpc) is 3.25. The highest BCUT2D eigenvalue weighted by Gasteiger charge is 2.23. The summed E-state index contributed by atoms with van der Waals surface area (Å²) in [5, 5.41) is 3.03. The number of hydrogen-bond donors (Lipinski definition) is 1. The van der Waals surface area contributed by atoms with Gasteiger partial charge in [-0.2, -0.15) is 0 Å². The predicted molar refractivity (Wildman–Crippen MR) is 136 cm³/mol. The van der Waals surface area contributed by atoms with Crippen LogP contribution in [0.4, 0.5) is 4.79 Å². The van der Waals surface area contributed by atoms with Crippen LogP contribution in [0.2, 0.25) is 0 Å². The Morgan fingerprint density at radius 2 is 1.86 bits per heavy atom. The van der Waals surface area contributed by atoms with E-state index in [0.717, 1.165) is 47.1 Å². The molecule has 0 radical (unpaired) electrons. The van der Waals surface area contributed by atoms with Crippen LogP contribution in [0.1, 0.15) is 17.0 Å². The van der Waals surface area contributed by atoms with Gasteiger partial charge in [-0.1, -0.05) is 24.3 Å². The number of hydrogen-bond acceptors (Lipinski definition) is 5. The fourth-order valence-corrected chi connectivity index (χ4v) is 4.48. The van der Waals surface area contributed by atoms with E-state index in [1.54, 1.807) is 7.11 Å². The molecule has 3 heterocycles. The number of fused-ring (bicyclic) bond motifs is 1. The first kappa shape index (κ1) is 22.9. The maximum Gasteiger partial charge on any atom is 0.317 e. The number of amides is 2. The minimum absolute atomic E-state index is 0.0383. The molecule has 0 saturated carbocycles. The number of methoxy groups -OCH3 is 1. The molecule has 5 rings (SSSR count). The number of piperazine rings is 1. The van der Waals surface area contributed by atoms with Crippen LogP contribution < -0.4 is 10.1 Å². The quantitative estimate of drug-likeness (QED) is 0.464. The zero-order chi connectivity index (χ0) is 24.2. The number of nitrogens with zero attached hydrogens (tertiary/aromatic N) is 5. The van der Waals surface area contributed by atoms with Crippen LogP contribution in [-0.4, -0.2) is 63.7 Å². The molecule has 2 amide bonds. The van der Waals surface area contributed by atoms with E-state index < -0.39 is 0 Å². The number of carbonyl (C=O) groups is 1. The third kappa shape index (κ3) is 5.12. The van der Waals surface area contributed by atoms with Crippen LogP contribution >= 0.6 is 0 Å². The van der Waals surface area contributed by atoms with Gasteiger partial charge in [-0.3, -0.25) is 9.47 Å². The summed E-state index contributed by atoms with van der Waals surface area (Å²) in [5.41, 5.74) is 5.03. The molecule has 1 fully saturated rings. The van der Waals surface area contributed by atoms with Gasteiger partial charge in [0, 0.05) is 44.6 Å². The molecule has 8 nitrogen and oxygen atoms in total. The molecule has 0 spiro atoms. The first-order chi connectivity index (χ1) is 17.1. The summed E-state index contributed by atoms with van der Waals surface area (Å²) in [5.74, 6) is 1.75. The predicted octanol–water partition coefficient (Wildman–Crippen LogP) is 3.76. The fraction of sp³-hybridized carbons (Fsp3) is 0.296. The van der Waals surface area contributed by atoms with Crippen LogP contribution in [0.15, 0.2) is 66.9 Å². The van der Waals surface area contributed by atoms with Crippen molar-refractivity contribution >= 4 is 17.2 Å². The van der Waals surface area contributed by atoms with E-state index in [1.807, 2.05) is 47.5 Å². The molecule has 0 bridgehead atoms. The smallest absolute Gasteiger partial charge is 0.317 e. The number of benzene rings is 2. The Labute approximate surface area is 205 Å². The number of imidazole rings is 1. The Morgan fingerprint density at radius 3 is 2.66 bits per heavy atom. The highest BCUT2D eigenvalue weighted by atomic mass is 16.5. The van der Waals surface area contributed by atoms with Crippen LogP contribution in [0.5, 0.6) is 5.75 Å². The molecule has 2 aromatic carbocycles. The summed E-state index contributed by atoms with van der Waals surface area (Å²) in [6, 6.07) is 20.0. The van der Waals surface area contributed by atoms with E-state index in [2.05, 4.69) is 51.0 Å². The molecule has 1 saturated heterocycles. The normalized spacial score (nSPS) is 14.3. The van der Waals surface area contributed by atoms with E-state index in [-0.39, 0.29) is 6.03 Å². The number of pyridine rings is 1. The van der Waals surface area contributed by atoms with E-state index in [9.17, 15) is 4.79 Å². The number of rotatable bonds is 6. The molecule has 180 valence electrons. The Balaban J connectivity index is 1.23. The van der Waals surface area contributed by atoms with Gasteiger partial charge in [-0.15, -0.1) is 0 Å². The van der Waals surface area contributed by atoms with E-state index in [1.165, 1.54) is 5.56 Å². The molecule has 1 N–H and O–H groups in total. The maximum atomic E-state index is 12.7. The summed E-state index contributed by atoms with van der Waals surface area (Å²) in [6.07, 6.45) is 1.81. The second-order valence-electron chi connectivity index (χ2n) is 8.82. The van der Waals surface area contributed by atoms with Crippen LogP contribution in [0.3, 0.4) is 0 Å². The molecule has 0 atom stereocenters. The lowest BCUT2D eigenvalue weighted by molar-refractivity contribution is 0.133. The van der Waals surface area contributed by atoms with Crippen molar-refractivity contribution in [2.45, 2.75) is 20.0 Å². The summed E-state index contributed by atoms with van der Waals surface area (Å²) in [4.78, 5) is 26.4. The van der Waals surface area contributed by atoms with E-state index in [4.69, 9.17) is 9.72 Å². The molecular weight excluding hydrogens is 440 g/mol. The highest BCUT2D eigenvalue weighted by molar-refractivity contribution is 5.74. The van der Waals surface area contributed by atoms with Crippen molar-refractivity contribution in [3.8, 4) is 11.4 Å². The minimum atomic E-state index is -0.0383. The summed E-state index contributed by atoms with van der Waals surface area (Å²) < 4.78 is 7.41. The van der Waals surface area contributed by atoms with Crippen molar-refractivity contribution in [1.29, 1.82) is 0 Å². The van der Waals surface area contributed by atoms with Crippen molar-refractivity contribution < 1.29 is 9.53 Å². The third-order valence-corrected chi connectivity index (χ3v) is 6.35. The third-order valence-electron chi connectivity index (χ3n) is 6.35. The second-order valence-corrected chi connectivity index (χ2v) is 8.82. The fourth-order valence-electron chi connectivity index (χ4n) is 4.48. The molecule has 2 aromatic heterocycles. The molecule has 8 heteroatoms. The lowest BCUT2D eigenvalue weighted by Crippen LogP contribution is -2.51. The minimum Gasteiger partial charge on any atom is -0.497 e. The monoisotopic (exact) mass is 470 g/mol. The highest BCUT2D eigenvalue weighted by Crippen LogP contribution is 2.22. The number of nitrogens with one attached hydrogen (secondary N) is 1. The van der Waals surface area contributed by atoms with Crippen molar-refractivity contribution in [1.82, 2.24) is 29.7 Å². The lowest BCUT2D eigenvalue weighted by Gasteiger charge is -2.34. The van der Waals surface area contributed by atoms with Crippen molar-refractivity contribution in [3.05, 3.63) is 83.8 Å². The van der Waals surface area contributed by atoms with Gasteiger partial charge in [0.15, 0.2) is 5.65 Å². The number of ether oxygens (including phenoxy) is 1. The van der Waals surface area contributed by atoms with E-state index in [0.29, 0.717) is 26.2 Å². The first-order valence-electron chi connectivity index (χ1n) is 11.9. The Kier molecular flexibility index (Phi) is 6.63. The van der Waals surface area contributed by atoms with Crippen LogP contribution in [-0.2, 0) is 13.1 Å². The zero-order valence-corrected chi connectivity index (χ0v) is 20.1. The molecule has 1 aliphatic heterocycles. The van der Waals surface area contributed by atoms with Gasteiger partial charge in [-0.25, -0.2) is 14.8 Å². The van der Waals surface area contributed by atoms with Crippen molar-refractivity contribution in [2.24, 2.45) is 0 Å². The van der Waals surface area contributed by atoms with Crippen LogP contribution in [0, 0.1) is 6.92 Å². The largest absolute Gasteiger partial charge is 0.497 e. The van der Waals surface area contributed by atoms with Gasteiger partial charge in [0.25, 0.3) is 0 Å². The zero-order valence-electron chi connectivity index (χ0n) is 20.1. The maximum absolute atomic E-state index is 12.7. The Bertz CT molecular complexity index is 1330. The Hall–Kier alpha value is -3.91. The van der Waals surface area contributed by atoms with Gasteiger partial charge < -0.3 is 15.0 Å². The molecule has 0 aliphatic carbocycles. The van der Waals surface area contributed by atoms with Crippen molar-refractivity contribution in [3.63, 3.8) is 0 Å². The van der Waals surface area contributed by atoms with Gasteiger partial charge in [-0.05, 0) is 54.4 Å². The van der Waals surface area contributed by atoms with Crippen molar-refractivity contribution in [2.75, 3.05) is 33.3 Å². The Morgan fingerprint density at radius 1 is 1.03 bits per heavy atom. The summed E-state index contributed by atoms with van der Waals surface area (Å²) in [6.45, 7) is 6.19. The van der Waals surface area contributed by atoms with Gasteiger partial charge in [0.1, 0.15) is 17.1 Å². The van der Waals surface area contributed by atoms with Crippen LogP contribution in [0.25, 0.3) is 16.9 Å². The number of aryl methyl sites for hydroxylation is 1. The molecule has 0 unspecified atom stereocenters. The molecular formula is C27H30N6O2. The second kappa shape index (κ2) is 10.1. The number of aromatic nitrogens is 3. The van der Waals surface area contributed by atoms with E-state index >= 15 is 0 Å². The average molecular weight is 471 g/mol. The lowest BCUT2D eigenvalue weighted by atomic mass is 10.2. The SMILES string of the molecule is COc1cccc(CNC(=O)N2CCN(Cc3nc4cccnc4n3-c3cccc(C)c3)CC2)c1. The molecule has 35 heavy (non-hydrogen) atoms. The summed E-state index contributed by atoms with van der Waals surface area (Å²) >= 11 is 0. The first-order valence-corrected chi connectivity index (χ1v) is 11.9. The molecule has 4 aromatic rings. The number of carbonyl (C=O) groups excluding carboxylic acids is 1.